The Kier molecular flexibility index (Phi) is 5.10. The van der Waals surface area contributed by atoms with Crippen LogP contribution in [0.5, 0.6) is 0 Å². The molecule has 0 aromatic carbocycles. The summed E-state index contributed by atoms with van der Waals surface area (Å²) in [6.45, 7) is 4.94. The lowest BCUT2D eigenvalue weighted by Gasteiger charge is -2.08. The number of rotatable bonds is 7. The van der Waals surface area contributed by atoms with Gasteiger partial charge in [0, 0.05) is 25.3 Å². The van der Waals surface area contributed by atoms with Crippen molar-refractivity contribution in [1.29, 1.82) is 0 Å². The van der Waals surface area contributed by atoms with Gasteiger partial charge in [0.05, 0.1) is 6.33 Å². The minimum absolute atomic E-state index is 0.0332. The van der Waals surface area contributed by atoms with Crippen molar-refractivity contribution >= 4 is 10.0 Å². The predicted octanol–water partition coefficient (Wildman–Crippen LogP) is 0.309. The van der Waals surface area contributed by atoms with Gasteiger partial charge in [-0.1, -0.05) is 6.92 Å². The molecule has 3 N–H and O–H groups in total. The number of sulfonamides is 1. The molecule has 1 heterocycles. The third-order valence-electron chi connectivity index (χ3n) is 2.58. The van der Waals surface area contributed by atoms with Crippen LogP contribution in [-0.4, -0.2) is 30.6 Å². The summed E-state index contributed by atoms with van der Waals surface area (Å²) in [6.07, 6.45) is 4.49. The molecule has 6 nitrogen and oxygen atoms in total. The fourth-order valence-corrected chi connectivity index (χ4v) is 2.30. The fourth-order valence-electron chi connectivity index (χ4n) is 1.31. The van der Waals surface area contributed by atoms with Gasteiger partial charge in [-0.05, 0) is 19.8 Å². The third-order valence-corrected chi connectivity index (χ3v) is 3.93. The minimum Gasteiger partial charge on any atom is -0.336 e. The van der Waals surface area contributed by atoms with E-state index in [9.17, 15) is 8.42 Å². The molecular weight excluding hydrogens is 240 g/mol. The van der Waals surface area contributed by atoms with Crippen LogP contribution in [0.3, 0.4) is 0 Å². The summed E-state index contributed by atoms with van der Waals surface area (Å²) in [5.41, 5.74) is 5.71. The Morgan fingerprint density at radius 1 is 1.53 bits per heavy atom. The summed E-state index contributed by atoms with van der Waals surface area (Å²) in [5, 5.41) is 0.0596. The van der Waals surface area contributed by atoms with Crippen molar-refractivity contribution < 1.29 is 8.42 Å². The quantitative estimate of drug-likeness (QED) is 0.738. The van der Waals surface area contributed by atoms with Crippen molar-refractivity contribution in [3.8, 4) is 0 Å². The van der Waals surface area contributed by atoms with Gasteiger partial charge < -0.3 is 10.3 Å². The van der Waals surface area contributed by atoms with E-state index in [1.807, 2.05) is 13.8 Å². The molecule has 0 radical (unpaired) electrons. The first-order valence-corrected chi connectivity index (χ1v) is 7.25. The average molecular weight is 260 g/mol. The molecule has 7 heteroatoms. The molecule has 17 heavy (non-hydrogen) atoms. The SMILES string of the molecule is CCC(N)CCNS(=O)(=O)c1cn(CC)cn1. The minimum atomic E-state index is -3.49. The van der Waals surface area contributed by atoms with Crippen LogP contribution >= 0.6 is 0 Å². The molecule has 0 bridgehead atoms. The van der Waals surface area contributed by atoms with E-state index in [0.717, 1.165) is 6.42 Å². The van der Waals surface area contributed by atoms with E-state index in [2.05, 4.69) is 9.71 Å². The second kappa shape index (κ2) is 6.13. The molecule has 0 amide bonds. The van der Waals surface area contributed by atoms with Crippen molar-refractivity contribution in [2.24, 2.45) is 5.73 Å². The van der Waals surface area contributed by atoms with E-state index in [1.54, 1.807) is 4.57 Å². The van der Waals surface area contributed by atoms with Gasteiger partial charge in [0.2, 0.25) is 0 Å². The lowest BCUT2D eigenvalue weighted by Crippen LogP contribution is -2.30. The van der Waals surface area contributed by atoms with Crippen LogP contribution in [-0.2, 0) is 16.6 Å². The van der Waals surface area contributed by atoms with Gasteiger partial charge in [-0.3, -0.25) is 0 Å². The number of nitrogens with two attached hydrogens (primary N) is 1. The normalized spacial score (nSPS) is 13.8. The summed E-state index contributed by atoms with van der Waals surface area (Å²) >= 11 is 0. The Morgan fingerprint density at radius 3 is 2.76 bits per heavy atom. The Labute approximate surface area is 102 Å². The van der Waals surface area contributed by atoms with E-state index in [-0.39, 0.29) is 11.1 Å². The highest BCUT2D eigenvalue weighted by atomic mass is 32.2. The van der Waals surface area contributed by atoms with Crippen LogP contribution in [0.25, 0.3) is 0 Å². The van der Waals surface area contributed by atoms with E-state index in [4.69, 9.17) is 5.73 Å². The molecule has 0 aliphatic heterocycles. The summed E-state index contributed by atoms with van der Waals surface area (Å²) in [6, 6.07) is 0.0332. The van der Waals surface area contributed by atoms with Crippen molar-refractivity contribution in [1.82, 2.24) is 14.3 Å². The van der Waals surface area contributed by atoms with Crippen LogP contribution in [0, 0.1) is 0 Å². The molecule has 0 aliphatic rings. The first-order chi connectivity index (χ1) is 7.99. The van der Waals surface area contributed by atoms with Gasteiger partial charge in [0.25, 0.3) is 10.0 Å². The topological polar surface area (TPSA) is 90.0 Å². The van der Waals surface area contributed by atoms with Crippen molar-refractivity contribution in [2.75, 3.05) is 6.54 Å². The summed E-state index contributed by atoms with van der Waals surface area (Å²) in [4.78, 5) is 3.86. The maximum atomic E-state index is 11.8. The fraction of sp³-hybridized carbons (Fsp3) is 0.700. The van der Waals surface area contributed by atoms with Crippen LogP contribution in [0.2, 0.25) is 0 Å². The van der Waals surface area contributed by atoms with Gasteiger partial charge in [0.15, 0.2) is 5.03 Å². The maximum Gasteiger partial charge on any atom is 0.259 e. The smallest absolute Gasteiger partial charge is 0.259 e. The summed E-state index contributed by atoms with van der Waals surface area (Å²) in [5.74, 6) is 0. The van der Waals surface area contributed by atoms with Gasteiger partial charge in [-0.15, -0.1) is 0 Å². The second-order valence-electron chi connectivity index (χ2n) is 3.90. The highest BCUT2D eigenvalue weighted by Crippen LogP contribution is 2.05. The van der Waals surface area contributed by atoms with Gasteiger partial charge in [-0.2, -0.15) is 0 Å². The summed E-state index contributed by atoms with van der Waals surface area (Å²) in [7, 11) is -3.49. The molecule has 1 aromatic rings. The molecular formula is C10H20N4O2S. The molecule has 0 fully saturated rings. The van der Waals surface area contributed by atoms with Crippen LogP contribution in [0.4, 0.5) is 0 Å². The van der Waals surface area contributed by atoms with E-state index < -0.39 is 10.0 Å². The Hall–Kier alpha value is -0.920. The first kappa shape index (κ1) is 14.1. The number of hydrogen-bond acceptors (Lipinski definition) is 4. The Morgan fingerprint density at radius 2 is 2.24 bits per heavy atom. The molecule has 1 rings (SSSR count). The van der Waals surface area contributed by atoms with Crippen LogP contribution in [0.1, 0.15) is 26.7 Å². The van der Waals surface area contributed by atoms with Crippen LogP contribution < -0.4 is 10.5 Å². The summed E-state index contributed by atoms with van der Waals surface area (Å²) < 4.78 is 27.8. The van der Waals surface area contributed by atoms with Crippen LogP contribution in [0.15, 0.2) is 17.6 Å². The van der Waals surface area contributed by atoms with Crippen molar-refractivity contribution in [3.05, 3.63) is 12.5 Å². The number of hydrogen-bond donors (Lipinski definition) is 2. The Balaban J connectivity index is 2.56. The zero-order chi connectivity index (χ0) is 12.9. The highest BCUT2D eigenvalue weighted by Gasteiger charge is 2.16. The number of aromatic nitrogens is 2. The maximum absolute atomic E-state index is 11.8. The second-order valence-corrected chi connectivity index (χ2v) is 5.61. The van der Waals surface area contributed by atoms with E-state index in [0.29, 0.717) is 19.5 Å². The zero-order valence-electron chi connectivity index (χ0n) is 10.3. The number of aryl methyl sites for hydroxylation is 1. The van der Waals surface area contributed by atoms with Crippen molar-refractivity contribution in [2.45, 2.75) is 44.3 Å². The molecule has 1 atom stereocenters. The largest absolute Gasteiger partial charge is 0.336 e. The first-order valence-electron chi connectivity index (χ1n) is 5.76. The lowest BCUT2D eigenvalue weighted by atomic mass is 10.2. The monoisotopic (exact) mass is 260 g/mol. The molecule has 0 saturated carbocycles. The molecule has 0 aliphatic carbocycles. The molecule has 1 aromatic heterocycles. The molecule has 98 valence electrons. The van der Waals surface area contributed by atoms with Gasteiger partial charge in [-0.25, -0.2) is 18.1 Å². The van der Waals surface area contributed by atoms with Gasteiger partial charge >= 0.3 is 0 Å². The number of nitrogens with one attached hydrogen (secondary N) is 1. The highest BCUT2D eigenvalue weighted by molar-refractivity contribution is 7.89. The van der Waals surface area contributed by atoms with Gasteiger partial charge in [0.1, 0.15) is 0 Å². The number of nitrogens with zero attached hydrogens (tertiary/aromatic N) is 2. The molecule has 0 spiro atoms. The van der Waals surface area contributed by atoms with Crippen molar-refractivity contribution in [3.63, 3.8) is 0 Å². The number of imidazole rings is 1. The molecule has 1 unspecified atom stereocenters. The average Bonchev–Trinajstić information content (AvgIpc) is 2.77. The third kappa shape index (κ3) is 4.10. The predicted molar refractivity (Wildman–Crippen MR) is 66.0 cm³/mol. The van der Waals surface area contributed by atoms with E-state index in [1.165, 1.54) is 12.5 Å². The standard InChI is InChI=1S/C10H20N4O2S/c1-3-9(11)5-6-13-17(15,16)10-7-14(4-2)8-12-10/h7-9,13H,3-6,11H2,1-2H3. The lowest BCUT2D eigenvalue weighted by molar-refractivity contribution is 0.555. The molecule has 0 saturated heterocycles. The Bertz CT molecular complexity index is 441. The zero-order valence-corrected chi connectivity index (χ0v) is 11.1. The van der Waals surface area contributed by atoms with E-state index >= 15 is 0 Å².